The molecule has 1 unspecified atom stereocenters. The molecule has 5 rings (SSSR count). The number of pyridine rings is 1. The van der Waals surface area contributed by atoms with Crippen molar-refractivity contribution in [2.75, 3.05) is 27.2 Å². The molecule has 3 aliphatic rings. The standard InChI is InChI=1S/C31H41N3O4/c1-29(13-7-8-14-29)28(37)33-18-17-31(38,30(21-33)15-9-10-16-30)22-34-20-25(27(36)32(2)3)24(19-26(34)35)23-11-5-4-6-12-23/h4-6,11-12,19-20,38H,7-10,13-18,21-22H2,1-3H3. The summed E-state index contributed by atoms with van der Waals surface area (Å²) in [5, 5.41) is 12.3. The Hall–Kier alpha value is -2.93. The molecular formula is C31H41N3O4. The molecule has 38 heavy (non-hydrogen) atoms. The second-order valence-corrected chi connectivity index (χ2v) is 12.4. The summed E-state index contributed by atoms with van der Waals surface area (Å²) < 4.78 is 1.53. The molecule has 2 amide bonds. The van der Waals surface area contributed by atoms with E-state index in [1.807, 2.05) is 35.2 Å². The van der Waals surface area contributed by atoms with Gasteiger partial charge in [0.1, 0.15) is 0 Å². The molecule has 1 aliphatic heterocycles. The zero-order chi connectivity index (χ0) is 27.1. The molecule has 2 aliphatic carbocycles. The van der Waals surface area contributed by atoms with Crippen LogP contribution in [0.2, 0.25) is 0 Å². The van der Waals surface area contributed by atoms with Gasteiger partial charge >= 0.3 is 0 Å². The molecule has 1 saturated heterocycles. The van der Waals surface area contributed by atoms with Crippen molar-refractivity contribution in [3.8, 4) is 11.1 Å². The van der Waals surface area contributed by atoms with Gasteiger partial charge in [-0.1, -0.05) is 62.9 Å². The van der Waals surface area contributed by atoms with Gasteiger partial charge in [0.2, 0.25) is 5.91 Å². The van der Waals surface area contributed by atoms with E-state index < -0.39 is 11.0 Å². The van der Waals surface area contributed by atoms with Gasteiger partial charge in [0.15, 0.2) is 0 Å². The zero-order valence-electron chi connectivity index (χ0n) is 23.0. The number of hydrogen-bond donors (Lipinski definition) is 1. The Morgan fingerprint density at radius 2 is 1.61 bits per heavy atom. The number of carbonyl (C=O) groups is 2. The lowest BCUT2D eigenvalue weighted by molar-refractivity contribution is -0.167. The molecular weight excluding hydrogens is 478 g/mol. The first-order valence-corrected chi connectivity index (χ1v) is 14.1. The molecule has 7 heteroatoms. The lowest BCUT2D eigenvalue weighted by Gasteiger charge is -2.53. The number of hydrogen-bond acceptors (Lipinski definition) is 4. The van der Waals surface area contributed by atoms with Gasteiger partial charge in [-0.2, -0.15) is 0 Å². The fourth-order valence-corrected chi connectivity index (χ4v) is 7.27. The second-order valence-electron chi connectivity index (χ2n) is 12.4. The van der Waals surface area contributed by atoms with Crippen LogP contribution >= 0.6 is 0 Å². The molecule has 204 valence electrons. The minimum atomic E-state index is -1.13. The maximum atomic E-state index is 13.6. The molecule has 3 fully saturated rings. The summed E-state index contributed by atoms with van der Waals surface area (Å²) in [7, 11) is 3.40. The number of piperidine rings is 1. The van der Waals surface area contributed by atoms with Crippen LogP contribution in [0.1, 0.15) is 75.1 Å². The Kier molecular flexibility index (Phi) is 7.01. The molecule has 1 aromatic carbocycles. The first-order valence-electron chi connectivity index (χ1n) is 14.1. The van der Waals surface area contributed by atoms with Crippen molar-refractivity contribution in [2.24, 2.45) is 10.8 Å². The van der Waals surface area contributed by atoms with Gasteiger partial charge in [0, 0.05) is 55.8 Å². The second kappa shape index (κ2) is 9.99. The smallest absolute Gasteiger partial charge is 0.255 e. The van der Waals surface area contributed by atoms with Crippen LogP contribution in [0.3, 0.4) is 0 Å². The van der Waals surface area contributed by atoms with Crippen molar-refractivity contribution in [3.63, 3.8) is 0 Å². The maximum Gasteiger partial charge on any atom is 0.255 e. The first kappa shape index (κ1) is 26.7. The number of carbonyl (C=O) groups excluding carboxylic acids is 2. The summed E-state index contributed by atoms with van der Waals surface area (Å²) in [6, 6.07) is 11.0. The van der Waals surface area contributed by atoms with Gasteiger partial charge in [-0.05, 0) is 37.7 Å². The molecule has 2 heterocycles. The number of rotatable bonds is 5. The third kappa shape index (κ3) is 4.59. The summed E-state index contributed by atoms with van der Waals surface area (Å²) in [6.07, 6.45) is 9.82. The van der Waals surface area contributed by atoms with Crippen LogP contribution in [0.15, 0.2) is 47.4 Å². The molecule has 0 radical (unpaired) electrons. The molecule has 1 spiro atoms. The minimum Gasteiger partial charge on any atom is -0.387 e. The fraction of sp³-hybridized carbons (Fsp3) is 0.581. The van der Waals surface area contributed by atoms with E-state index in [1.54, 1.807) is 20.3 Å². The average Bonchev–Trinajstić information content (AvgIpc) is 3.57. The van der Waals surface area contributed by atoms with Crippen molar-refractivity contribution in [3.05, 3.63) is 58.5 Å². The van der Waals surface area contributed by atoms with Gasteiger partial charge in [-0.25, -0.2) is 0 Å². The van der Waals surface area contributed by atoms with Crippen molar-refractivity contribution in [1.82, 2.24) is 14.4 Å². The molecule has 2 aromatic rings. The van der Waals surface area contributed by atoms with Gasteiger partial charge in [0.05, 0.1) is 17.7 Å². The maximum absolute atomic E-state index is 13.6. The van der Waals surface area contributed by atoms with Crippen LogP contribution in [0.5, 0.6) is 0 Å². The number of aliphatic hydroxyl groups is 1. The highest BCUT2D eigenvalue weighted by Crippen LogP contribution is 2.52. The van der Waals surface area contributed by atoms with Gasteiger partial charge in [-0.15, -0.1) is 0 Å². The van der Waals surface area contributed by atoms with E-state index in [-0.39, 0.29) is 29.3 Å². The third-order valence-electron chi connectivity index (χ3n) is 9.63. The Morgan fingerprint density at radius 3 is 2.24 bits per heavy atom. The molecule has 7 nitrogen and oxygen atoms in total. The predicted molar refractivity (Wildman–Crippen MR) is 148 cm³/mol. The van der Waals surface area contributed by atoms with Crippen LogP contribution in [-0.4, -0.2) is 64.1 Å². The van der Waals surface area contributed by atoms with E-state index in [0.717, 1.165) is 56.9 Å². The Labute approximate surface area is 225 Å². The number of amides is 2. The number of aromatic nitrogens is 1. The number of benzene rings is 1. The van der Waals surface area contributed by atoms with Crippen LogP contribution in [-0.2, 0) is 11.3 Å². The van der Waals surface area contributed by atoms with Crippen LogP contribution < -0.4 is 5.56 Å². The minimum absolute atomic E-state index is 0.119. The SMILES string of the molecule is CN(C)C(=O)c1cn(CC2(O)CCN(C(=O)C3(C)CCCC3)CC23CCCC3)c(=O)cc1-c1ccccc1. The van der Waals surface area contributed by atoms with Crippen molar-refractivity contribution in [2.45, 2.75) is 76.9 Å². The van der Waals surface area contributed by atoms with Crippen molar-refractivity contribution < 1.29 is 14.7 Å². The molecule has 2 saturated carbocycles. The van der Waals surface area contributed by atoms with E-state index in [9.17, 15) is 19.5 Å². The van der Waals surface area contributed by atoms with E-state index in [1.165, 1.54) is 15.5 Å². The van der Waals surface area contributed by atoms with Gasteiger partial charge < -0.3 is 19.5 Å². The molecule has 1 N–H and O–H groups in total. The quantitative estimate of drug-likeness (QED) is 0.638. The van der Waals surface area contributed by atoms with E-state index in [2.05, 4.69) is 6.92 Å². The predicted octanol–water partition coefficient (Wildman–Crippen LogP) is 4.32. The topological polar surface area (TPSA) is 82.8 Å². The molecule has 0 bridgehead atoms. The molecule has 1 aromatic heterocycles. The lowest BCUT2D eigenvalue weighted by atomic mass is 9.65. The highest BCUT2D eigenvalue weighted by molar-refractivity contribution is 6.00. The van der Waals surface area contributed by atoms with Gasteiger partial charge in [0.25, 0.3) is 11.5 Å². The number of nitrogens with zero attached hydrogens (tertiary/aromatic N) is 3. The fourth-order valence-electron chi connectivity index (χ4n) is 7.27. The van der Waals surface area contributed by atoms with E-state index in [4.69, 9.17) is 0 Å². The lowest BCUT2D eigenvalue weighted by Crippen LogP contribution is -2.63. The van der Waals surface area contributed by atoms with Crippen molar-refractivity contribution >= 4 is 11.8 Å². The summed E-state index contributed by atoms with van der Waals surface area (Å²) >= 11 is 0. The van der Waals surface area contributed by atoms with Crippen LogP contribution in [0, 0.1) is 10.8 Å². The normalized spacial score (nSPS) is 24.1. The highest BCUT2D eigenvalue weighted by Gasteiger charge is 2.56. The first-order chi connectivity index (χ1) is 18.1. The average molecular weight is 520 g/mol. The molecule has 1 atom stereocenters. The largest absolute Gasteiger partial charge is 0.387 e. The number of likely N-dealkylation sites (tertiary alicyclic amines) is 1. The van der Waals surface area contributed by atoms with Crippen LogP contribution in [0.25, 0.3) is 11.1 Å². The Morgan fingerprint density at radius 1 is 0.974 bits per heavy atom. The summed E-state index contributed by atoms with van der Waals surface area (Å²) in [6.45, 7) is 3.25. The van der Waals surface area contributed by atoms with Gasteiger partial charge in [-0.3, -0.25) is 14.4 Å². The third-order valence-corrected chi connectivity index (χ3v) is 9.63. The Balaban J connectivity index is 1.49. The summed E-state index contributed by atoms with van der Waals surface area (Å²) in [5.41, 5.74) is -0.268. The van der Waals surface area contributed by atoms with Crippen molar-refractivity contribution in [1.29, 1.82) is 0 Å². The summed E-state index contributed by atoms with van der Waals surface area (Å²) in [4.78, 5) is 43.7. The zero-order valence-corrected chi connectivity index (χ0v) is 23.0. The Bertz CT molecular complexity index is 1260. The van der Waals surface area contributed by atoms with E-state index in [0.29, 0.717) is 30.6 Å². The highest BCUT2D eigenvalue weighted by atomic mass is 16.3. The summed E-state index contributed by atoms with van der Waals surface area (Å²) in [5.74, 6) is 0.0389. The van der Waals surface area contributed by atoms with Crippen LogP contribution in [0.4, 0.5) is 0 Å². The van der Waals surface area contributed by atoms with E-state index >= 15 is 0 Å². The monoisotopic (exact) mass is 519 g/mol.